The van der Waals surface area contributed by atoms with Crippen molar-refractivity contribution in [1.29, 1.82) is 0 Å². The van der Waals surface area contributed by atoms with E-state index in [0.717, 1.165) is 25.4 Å². The number of hydrogen-bond donors (Lipinski definition) is 1. The molecule has 0 fully saturated rings. The lowest BCUT2D eigenvalue weighted by molar-refractivity contribution is 0.415. The summed E-state index contributed by atoms with van der Waals surface area (Å²) in [5.41, 5.74) is 2.36. The van der Waals surface area contributed by atoms with Crippen LogP contribution in [0, 0.1) is 0 Å². The molecule has 0 spiro atoms. The maximum atomic E-state index is 5.15. The molecule has 1 aromatic heterocycles. The molecule has 4 nitrogen and oxygen atoms in total. The van der Waals surface area contributed by atoms with Gasteiger partial charge in [0.15, 0.2) is 0 Å². The summed E-state index contributed by atoms with van der Waals surface area (Å²) < 4.78 is 10.2. The van der Waals surface area contributed by atoms with Gasteiger partial charge in [-0.1, -0.05) is 0 Å². The van der Waals surface area contributed by atoms with Gasteiger partial charge in [-0.05, 0) is 30.3 Å². The average Bonchev–Trinajstić information content (AvgIpc) is 2.96. The van der Waals surface area contributed by atoms with Gasteiger partial charge in [0.2, 0.25) is 0 Å². The van der Waals surface area contributed by atoms with Crippen molar-refractivity contribution in [2.45, 2.75) is 6.54 Å². The van der Waals surface area contributed by atoms with Crippen molar-refractivity contribution in [3.05, 3.63) is 48.4 Å². The molecule has 1 N–H and O–H groups in total. The van der Waals surface area contributed by atoms with Crippen molar-refractivity contribution in [3.63, 3.8) is 0 Å². The molecule has 0 radical (unpaired) electrons. The van der Waals surface area contributed by atoms with E-state index in [1.165, 1.54) is 11.3 Å². The van der Waals surface area contributed by atoms with Crippen LogP contribution in [0.15, 0.2) is 47.3 Å². The third kappa shape index (κ3) is 4.03. The fourth-order valence-corrected chi connectivity index (χ4v) is 1.84. The van der Waals surface area contributed by atoms with Crippen LogP contribution in [0.5, 0.6) is 5.75 Å². The highest BCUT2D eigenvalue weighted by Gasteiger charge is 2.01. The molecule has 0 aliphatic rings. The van der Waals surface area contributed by atoms with Crippen molar-refractivity contribution in [3.8, 4) is 5.75 Å². The number of ether oxygens (including phenoxy) is 1. The van der Waals surface area contributed by atoms with Crippen molar-refractivity contribution in [1.82, 2.24) is 5.32 Å². The molecule has 0 aliphatic carbocycles. The minimum Gasteiger partial charge on any atom is -0.497 e. The molecular formula is C15H20N2O2. The van der Waals surface area contributed by atoms with Crippen LogP contribution in [0.2, 0.25) is 0 Å². The zero-order chi connectivity index (χ0) is 13.5. The average molecular weight is 260 g/mol. The molecule has 0 aliphatic heterocycles. The molecule has 2 aromatic rings. The van der Waals surface area contributed by atoms with E-state index in [1.54, 1.807) is 19.6 Å². The highest BCUT2D eigenvalue weighted by Crippen LogP contribution is 2.17. The first-order chi connectivity index (χ1) is 9.29. The number of hydrogen-bond acceptors (Lipinski definition) is 4. The highest BCUT2D eigenvalue weighted by atomic mass is 16.5. The van der Waals surface area contributed by atoms with Gasteiger partial charge in [0.25, 0.3) is 0 Å². The molecule has 4 heteroatoms. The fourth-order valence-electron chi connectivity index (χ4n) is 1.84. The monoisotopic (exact) mass is 260 g/mol. The van der Waals surface area contributed by atoms with Gasteiger partial charge >= 0.3 is 0 Å². The predicted molar refractivity (Wildman–Crippen MR) is 76.7 cm³/mol. The summed E-state index contributed by atoms with van der Waals surface area (Å²) in [5, 5.41) is 3.38. The molecule has 1 heterocycles. The number of nitrogens with zero attached hydrogens (tertiary/aromatic N) is 1. The summed E-state index contributed by atoms with van der Waals surface area (Å²) in [6, 6.07) is 10.1. The number of furan rings is 1. The Labute approximate surface area is 114 Å². The quantitative estimate of drug-likeness (QED) is 0.776. The van der Waals surface area contributed by atoms with E-state index in [0.29, 0.717) is 0 Å². The van der Waals surface area contributed by atoms with Crippen LogP contribution >= 0.6 is 0 Å². The summed E-state index contributed by atoms with van der Waals surface area (Å²) in [4.78, 5) is 2.21. The largest absolute Gasteiger partial charge is 0.497 e. The highest BCUT2D eigenvalue weighted by molar-refractivity contribution is 5.48. The van der Waals surface area contributed by atoms with Gasteiger partial charge in [0.1, 0.15) is 5.75 Å². The van der Waals surface area contributed by atoms with Crippen LogP contribution in [0.3, 0.4) is 0 Å². The first-order valence-corrected chi connectivity index (χ1v) is 6.36. The molecule has 0 saturated carbocycles. The van der Waals surface area contributed by atoms with Crippen LogP contribution in [0.1, 0.15) is 5.56 Å². The number of rotatable bonds is 7. The van der Waals surface area contributed by atoms with Gasteiger partial charge in [-0.3, -0.25) is 0 Å². The van der Waals surface area contributed by atoms with E-state index in [4.69, 9.17) is 9.15 Å². The Morgan fingerprint density at radius 3 is 2.63 bits per heavy atom. The van der Waals surface area contributed by atoms with E-state index in [-0.39, 0.29) is 0 Å². The molecular weight excluding hydrogens is 240 g/mol. The zero-order valence-electron chi connectivity index (χ0n) is 11.4. The number of methoxy groups -OCH3 is 1. The minimum atomic E-state index is 0.840. The number of likely N-dealkylation sites (N-methyl/N-ethyl adjacent to an activating group) is 1. The van der Waals surface area contributed by atoms with Gasteiger partial charge in [-0.15, -0.1) is 0 Å². The smallest absolute Gasteiger partial charge is 0.119 e. The van der Waals surface area contributed by atoms with Crippen molar-refractivity contribution in [2.75, 3.05) is 32.1 Å². The lowest BCUT2D eigenvalue weighted by atomic mass is 10.3. The molecule has 0 bridgehead atoms. The van der Waals surface area contributed by atoms with Gasteiger partial charge in [0.05, 0.1) is 19.6 Å². The topological polar surface area (TPSA) is 37.6 Å². The Bertz CT molecular complexity index is 465. The van der Waals surface area contributed by atoms with Crippen LogP contribution in [-0.4, -0.2) is 27.2 Å². The van der Waals surface area contributed by atoms with E-state index in [9.17, 15) is 0 Å². The Kier molecular flexibility index (Phi) is 4.86. The molecule has 0 amide bonds. The molecule has 2 rings (SSSR count). The van der Waals surface area contributed by atoms with E-state index in [2.05, 4.69) is 29.4 Å². The molecule has 19 heavy (non-hydrogen) atoms. The van der Waals surface area contributed by atoms with E-state index >= 15 is 0 Å². The molecule has 0 unspecified atom stereocenters. The van der Waals surface area contributed by atoms with Gasteiger partial charge in [-0.25, -0.2) is 0 Å². The summed E-state index contributed by atoms with van der Waals surface area (Å²) in [5.74, 6) is 0.884. The molecule has 102 valence electrons. The van der Waals surface area contributed by atoms with Gasteiger partial charge in [0, 0.05) is 37.9 Å². The van der Waals surface area contributed by atoms with Crippen LogP contribution in [0.25, 0.3) is 0 Å². The Balaban J connectivity index is 1.72. The Morgan fingerprint density at radius 1 is 1.21 bits per heavy atom. The van der Waals surface area contributed by atoms with Crippen LogP contribution < -0.4 is 15.0 Å². The fraction of sp³-hybridized carbons (Fsp3) is 0.333. The summed E-state index contributed by atoms with van der Waals surface area (Å²) in [6.45, 7) is 2.71. The third-order valence-corrected chi connectivity index (χ3v) is 3.05. The Hall–Kier alpha value is -1.94. The van der Waals surface area contributed by atoms with Crippen molar-refractivity contribution in [2.24, 2.45) is 0 Å². The second-order valence-electron chi connectivity index (χ2n) is 4.43. The van der Waals surface area contributed by atoms with Crippen LogP contribution in [-0.2, 0) is 6.54 Å². The second-order valence-corrected chi connectivity index (χ2v) is 4.43. The van der Waals surface area contributed by atoms with Gasteiger partial charge in [-0.2, -0.15) is 0 Å². The first kappa shape index (κ1) is 13.5. The second kappa shape index (κ2) is 6.85. The van der Waals surface area contributed by atoms with Crippen molar-refractivity contribution < 1.29 is 9.15 Å². The lowest BCUT2D eigenvalue weighted by Gasteiger charge is -2.19. The SMILES string of the molecule is COc1ccc(N(C)CCNCc2ccoc2)cc1. The Morgan fingerprint density at radius 2 is 2.00 bits per heavy atom. The summed E-state index contributed by atoms with van der Waals surface area (Å²) >= 11 is 0. The van der Waals surface area contributed by atoms with Gasteiger partial charge < -0.3 is 19.4 Å². The molecule has 0 atom stereocenters. The van der Waals surface area contributed by atoms with Crippen molar-refractivity contribution >= 4 is 5.69 Å². The van der Waals surface area contributed by atoms with E-state index < -0.39 is 0 Å². The number of anilines is 1. The predicted octanol–water partition coefficient (Wildman–Crippen LogP) is 2.51. The zero-order valence-corrected chi connectivity index (χ0v) is 11.4. The van der Waals surface area contributed by atoms with Crippen LogP contribution in [0.4, 0.5) is 5.69 Å². The number of benzene rings is 1. The first-order valence-electron chi connectivity index (χ1n) is 6.36. The molecule has 0 saturated heterocycles. The summed E-state index contributed by atoms with van der Waals surface area (Å²) in [7, 11) is 3.76. The van der Waals surface area contributed by atoms with E-state index in [1.807, 2.05) is 18.2 Å². The maximum absolute atomic E-state index is 5.15. The maximum Gasteiger partial charge on any atom is 0.119 e. The summed E-state index contributed by atoms with van der Waals surface area (Å²) in [6.07, 6.45) is 3.46. The third-order valence-electron chi connectivity index (χ3n) is 3.05. The molecule has 1 aromatic carbocycles. The number of nitrogens with one attached hydrogen (secondary N) is 1. The lowest BCUT2D eigenvalue weighted by Crippen LogP contribution is -2.28. The minimum absolute atomic E-state index is 0.840. The normalized spacial score (nSPS) is 10.4. The standard InChI is InChI=1S/C15H20N2O2/c1-17(14-3-5-15(18-2)6-4-14)9-8-16-11-13-7-10-19-12-13/h3-7,10,12,16H,8-9,11H2,1-2H3.